The molecule has 78 valence electrons. The monoisotopic (exact) mass is 212 g/mol. The van der Waals surface area contributed by atoms with E-state index >= 15 is 0 Å². The molecule has 1 aliphatic rings. The fraction of sp³-hybridized carbons (Fsp3) is 0.778. The number of hydrogen-bond acceptors (Lipinski definition) is 2. The predicted octanol–water partition coefficient (Wildman–Crippen LogP) is -0.654. The summed E-state index contributed by atoms with van der Waals surface area (Å²) in [6.45, 7) is 5.75. The molecule has 14 heavy (non-hydrogen) atoms. The van der Waals surface area contributed by atoms with Crippen LogP contribution in [-0.4, -0.2) is 33.9 Å². The summed E-state index contributed by atoms with van der Waals surface area (Å²) in [4.78, 5) is 23.3. The Morgan fingerprint density at radius 3 is 2.00 bits per heavy atom. The van der Waals surface area contributed by atoms with Gasteiger partial charge in [-0.1, -0.05) is 0 Å². The first-order valence-corrected chi connectivity index (χ1v) is 5.87. The Balaban J connectivity index is 2.66. The van der Waals surface area contributed by atoms with Gasteiger partial charge in [0.15, 0.2) is 0 Å². The molecule has 0 atom stereocenters. The molecule has 0 unspecified atom stereocenters. The fourth-order valence-electron chi connectivity index (χ4n) is 1.38. The summed E-state index contributed by atoms with van der Waals surface area (Å²) in [5, 5.41) is 2.85. The standard InChI is InChI=1S/C9H16N2O2.Al.2H/c1-8(2,3)11-7(13)9(4-5-9)6(10)12;;;/h4-5H2,1-3H3,(H3,10,11,12,13);;;/q;+1;;/p-1. The Bertz CT molecular complexity index is 266. The number of amides is 2. The van der Waals surface area contributed by atoms with Gasteiger partial charge in [-0.2, -0.15) is 0 Å². The molecule has 0 aliphatic heterocycles. The van der Waals surface area contributed by atoms with E-state index < -0.39 is 5.41 Å². The lowest BCUT2D eigenvalue weighted by molar-refractivity contribution is -0.137. The second-order valence-corrected chi connectivity index (χ2v) is 5.37. The maximum absolute atomic E-state index is 11.8. The molecule has 0 heterocycles. The molecule has 2 N–H and O–H groups in total. The lowest BCUT2D eigenvalue weighted by Gasteiger charge is -2.24. The molecular formula is C9H17AlN2O2. The van der Waals surface area contributed by atoms with Crippen LogP contribution in [0.3, 0.4) is 0 Å². The number of hydrogen-bond donors (Lipinski definition) is 2. The lowest BCUT2D eigenvalue weighted by Crippen LogP contribution is -2.49. The zero-order valence-electron chi connectivity index (χ0n) is 9.23. The molecule has 1 saturated carbocycles. The van der Waals surface area contributed by atoms with E-state index in [-0.39, 0.29) is 17.4 Å². The molecule has 1 aliphatic carbocycles. The summed E-state index contributed by atoms with van der Waals surface area (Å²) in [7, 11) is 0. The largest absolute Gasteiger partial charge is 0.452 e. The first kappa shape index (κ1) is 11.5. The van der Waals surface area contributed by atoms with E-state index in [0.29, 0.717) is 29.4 Å². The molecule has 0 bridgehead atoms. The number of nitrogens with one attached hydrogen (secondary N) is 2. The molecule has 0 aromatic carbocycles. The van der Waals surface area contributed by atoms with Gasteiger partial charge in [-0.15, -0.1) is 0 Å². The van der Waals surface area contributed by atoms with Crippen LogP contribution in [0.25, 0.3) is 0 Å². The average molecular weight is 212 g/mol. The zero-order chi connectivity index (χ0) is 11.0. The SMILES string of the molecule is CC(C)(C)NC(=O)C1(C(=O)[NH][AlH2])CC1. The molecule has 0 spiro atoms. The maximum Gasteiger partial charge on any atom is 0.364 e. The van der Waals surface area contributed by atoms with Crippen molar-refractivity contribution in [2.75, 3.05) is 0 Å². The highest BCUT2D eigenvalue weighted by Gasteiger charge is 2.56. The van der Waals surface area contributed by atoms with Crippen LogP contribution >= 0.6 is 0 Å². The van der Waals surface area contributed by atoms with E-state index in [2.05, 4.69) is 9.62 Å². The topological polar surface area (TPSA) is 58.2 Å². The van der Waals surface area contributed by atoms with E-state index in [0.717, 1.165) is 0 Å². The summed E-state index contributed by atoms with van der Waals surface area (Å²) in [5.74, 6) is -0.232. The first-order chi connectivity index (χ1) is 6.32. The van der Waals surface area contributed by atoms with Gasteiger partial charge in [0.1, 0.15) is 5.41 Å². The highest BCUT2D eigenvalue weighted by atomic mass is 27.1. The molecule has 0 aromatic rings. The summed E-state index contributed by atoms with van der Waals surface area (Å²) in [5.41, 5.74) is -1.01. The van der Waals surface area contributed by atoms with Crippen LogP contribution in [0.5, 0.6) is 0 Å². The molecule has 5 heteroatoms. The van der Waals surface area contributed by atoms with Crippen molar-refractivity contribution in [3.05, 3.63) is 0 Å². The quantitative estimate of drug-likeness (QED) is 0.472. The van der Waals surface area contributed by atoms with Crippen molar-refractivity contribution in [1.82, 2.24) is 9.62 Å². The van der Waals surface area contributed by atoms with Crippen molar-refractivity contribution in [2.24, 2.45) is 5.41 Å². The summed E-state index contributed by atoms with van der Waals surface area (Å²) in [6, 6.07) is 0. The van der Waals surface area contributed by atoms with E-state index in [4.69, 9.17) is 0 Å². The molecule has 0 aromatic heterocycles. The molecule has 1 fully saturated rings. The lowest BCUT2D eigenvalue weighted by atomic mass is 10.0. The highest BCUT2D eigenvalue weighted by molar-refractivity contribution is 6.20. The Labute approximate surface area is 92.5 Å². The first-order valence-electron chi connectivity index (χ1n) is 4.87. The third-order valence-electron chi connectivity index (χ3n) is 2.33. The Kier molecular flexibility index (Phi) is 2.94. The Morgan fingerprint density at radius 2 is 1.71 bits per heavy atom. The van der Waals surface area contributed by atoms with Gasteiger partial charge in [0.25, 0.3) is 0 Å². The van der Waals surface area contributed by atoms with Crippen LogP contribution in [0.2, 0.25) is 0 Å². The molecule has 0 saturated heterocycles. The van der Waals surface area contributed by atoms with Crippen LogP contribution < -0.4 is 9.62 Å². The Morgan fingerprint density at radius 1 is 1.21 bits per heavy atom. The summed E-state index contributed by atoms with van der Waals surface area (Å²) >= 11 is 0.602. The van der Waals surface area contributed by atoms with E-state index in [9.17, 15) is 9.59 Å². The van der Waals surface area contributed by atoms with E-state index in [1.807, 2.05) is 20.8 Å². The molecular weight excluding hydrogens is 195 g/mol. The maximum atomic E-state index is 11.8. The van der Waals surface area contributed by atoms with Gasteiger partial charge in [0.2, 0.25) is 11.8 Å². The van der Waals surface area contributed by atoms with Crippen molar-refractivity contribution in [2.45, 2.75) is 39.2 Å². The number of rotatable bonds is 2. The van der Waals surface area contributed by atoms with Crippen molar-refractivity contribution in [3.63, 3.8) is 0 Å². The van der Waals surface area contributed by atoms with Crippen LogP contribution in [0.1, 0.15) is 33.6 Å². The number of carbonyl (C=O) groups excluding carboxylic acids is 2. The molecule has 0 radical (unpaired) electrons. The third-order valence-corrected chi connectivity index (χ3v) is 2.79. The van der Waals surface area contributed by atoms with Crippen LogP contribution in [0.15, 0.2) is 0 Å². The second kappa shape index (κ2) is 3.56. The average Bonchev–Trinajstić information content (AvgIpc) is 2.80. The van der Waals surface area contributed by atoms with Crippen molar-refractivity contribution < 1.29 is 9.59 Å². The van der Waals surface area contributed by atoms with Gasteiger partial charge < -0.3 is 9.62 Å². The summed E-state index contributed by atoms with van der Waals surface area (Å²) in [6.07, 6.45) is 1.37. The minimum Gasteiger partial charge on any atom is -0.452 e. The van der Waals surface area contributed by atoms with Gasteiger partial charge in [0, 0.05) is 5.54 Å². The van der Waals surface area contributed by atoms with Gasteiger partial charge in [-0.05, 0) is 33.6 Å². The van der Waals surface area contributed by atoms with Crippen molar-refractivity contribution >= 4 is 28.3 Å². The van der Waals surface area contributed by atoms with Crippen LogP contribution in [0, 0.1) is 5.41 Å². The van der Waals surface area contributed by atoms with E-state index in [1.54, 1.807) is 0 Å². The van der Waals surface area contributed by atoms with Crippen LogP contribution in [0.4, 0.5) is 0 Å². The van der Waals surface area contributed by atoms with Gasteiger partial charge in [-0.25, -0.2) is 0 Å². The fourth-order valence-corrected chi connectivity index (χ4v) is 1.86. The molecule has 4 nitrogen and oxygen atoms in total. The molecule has 2 amide bonds. The molecule has 1 rings (SSSR count). The van der Waals surface area contributed by atoms with Crippen molar-refractivity contribution in [3.8, 4) is 0 Å². The van der Waals surface area contributed by atoms with Gasteiger partial charge in [-0.3, -0.25) is 9.59 Å². The zero-order valence-corrected chi connectivity index (χ0v) is 11.2. The minimum atomic E-state index is -0.741. The van der Waals surface area contributed by atoms with Gasteiger partial charge in [0.05, 0.1) is 0 Å². The van der Waals surface area contributed by atoms with Crippen molar-refractivity contribution in [1.29, 1.82) is 0 Å². The second-order valence-electron chi connectivity index (χ2n) is 4.87. The Hall–Kier alpha value is -0.528. The predicted molar refractivity (Wildman–Crippen MR) is 56.2 cm³/mol. The number of carbonyl (C=O) groups is 2. The third kappa shape index (κ3) is 2.28. The van der Waals surface area contributed by atoms with E-state index in [1.165, 1.54) is 0 Å². The summed E-state index contributed by atoms with van der Waals surface area (Å²) < 4.78 is 2.67. The van der Waals surface area contributed by atoms with Crippen LogP contribution in [-0.2, 0) is 9.59 Å². The highest BCUT2D eigenvalue weighted by Crippen LogP contribution is 2.46. The van der Waals surface area contributed by atoms with Gasteiger partial charge >= 0.3 is 16.5 Å². The minimum absolute atomic E-state index is 0.106. The smallest absolute Gasteiger partial charge is 0.364 e. The normalized spacial score (nSPS) is 18.5.